The van der Waals surface area contributed by atoms with Crippen LogP contribution in [0.2, 0.25) is 5.02 Å². The molecule has 0 aliphatic heterocycles. The first-order chi connectivity index (χ1) is 10.1. The Balaban J connectivity index is 2.68. The summed E-state index contributed by atoms with van der Waals surface area (Å²) >= 11 is 8.15. The zero-order chi connectivity index (χ0) is 15.7. The maximum absolute atomic E-state index is 6.13. The lowest BCUT2D eigenvalue weighted by Crippen LogP contribution is -2.34. The van der Waals surface area contributed by atoms with Gasteiger partial charge in [0.05, 0.1) is 7.11 Å². The van der Waals surface area contributed by atoms with E-state index in [-0.39, 0.29) is 0 Å². The molecule has 0 fully saturated rings. The minimum absolute atomic E-state index is 0.459. The van der Waals surface area contributed by atoms with Crippen molar-refractivity contribution < 1.29 is 4.74 Å². The zero-order valence-electron chi connectivity index (χ0n) is 13.6. The predicted octanol–water partition coefficient (Wildman–Crippen LogP) is 4.65. The van der Waals surface area contributed by atoms with Crippen LogP contribution in [0.25, 0.3) is 0 Å². The summed E-state index contributed by atoms with van der Waals surface area (Å²) in [4.78, 5) is 0. The predicted molar refractivity (Wildman–Crippen MR) is 96.0 cm³/mol. The van der Waals surface area contributed by atoms with Crippen LogP contribution < -0.4 is 10.1 Å². The molecule has 0 amide bonds. The third-order valence-corrected chi connectivity index (χ3v) is 4.94. The van der Waals surface area contributed by atoms with E-state index in [2.05, 4.69) is 26.1 Å². The number of thioether (sulfide) groups is 1. The summed E-state index contributed by atoms with van der Waals surface area (Å²) in [6.07, 6.45) is 2.10. The van der Waals surface area contributed by atoms with E-state index >= 15 is 0 Å². The number of hydrogen-bond acceptors (Lipinski definition) is 3. The molecular formula is C17H28ClNOS. The van der Waals surface area contributed by atoms with Crippen LogP contribution in [0.5, 0.6) is 5.75 Å². The normalized spacial score (nSPS) is 12.7. The molecule has 1 rings (SSSR count). The molecule has 0 saturated carbocycles. The molecule has 120 valence electrons. The number of halogens is 1. The summed E-state index contributed by atoms with van der Waals surface area (Å²) in [5, 5.41) is 4.42. The van der Waals surface area contributed by atoms with E-state index in [4.69, 9.17) is 16.3 Å². The molecule has 0 aliphatic rings. The van der Waals surface area contributed by atoms with Crippen molar-refractivity contribution in [1.82, 2.24) is 5.32 Å². The van der Waals surface area contributed by atoms with E-state index in [1.165, 1.54) is 11.3 Å². The Morgan fingerprint density at radius 1 is 1.29 bits per heavy atom. The Labute approximate surface area is 139 Å². The van der Waals surface area contributed by atoms with Crippen LogP contribution >= 0.6 is 23.4 Å². The highest BCUT2D eigenvalue weighted by molar-refractivity contribution is 7.99. The lowest BCUT2D eigenvalue weighted by atomic mass is 10.1. The Morgan fingerprint density at radius 3 is 2.67 bits per heavy atom. The van der Waals surface area contributed by atoms with E-state index in [1.807, 2.05) is 30.0 Å². The van der Waals surface area contributed by atoms with Crippen molar-refractivity contribution in [1.29, 1.82) is 0 Å². The molecule has 4 heteroatoms. The van der Waals surface area contributed by atoms with Gasteiger partial charge >= 0.3 is 0 Å². The van der Waals surface area contributed by atoms with Gasteiger partial charge in [-0.3, -0.25) is 0 Å². The summed E-state index contributed by atoms with van der Waals surface area (Å²) in [5.74, 6) is 3.99. The fourth-order valence-electron chi connectivity index (χ4n) is 2.16. The Kier molecular flexibility index (Phi) is 9.21. The molecule has 1 aromatic carbocycles. The van der Waals surface area contributed by atoms with Crippen LogP contribution in [0.3, 0.4) is 0 Å². The lowest BCUT2D eigenvalue weighted by molar-refractivity contribution is 0.406. The van der Waals surface area contributed by atoms with E-state index in [1.54, 1.807) is 7.11 Å². The quantitative estimate of drug-likeness (QED) is 0.675. The van der Waals surface area contributed by atoms with Crippen molar-refractivity contribution in [2.45, 2.75) is 39.7 Å². The minimum Gasteiger partial charge on any atom is -0.496 e. The van der Waals surface area contributed by atoms with Crippen LogP contribution in [-0.4, -0.2) is 31.2 Å². The van der Waals surface area contributed by atoms with Crippen LogP contribution in [-0.2, 0) is 6.42 Å². The van der Waals surface area contributed by atoms with Crippen LogP contribution in [0.15, 0.2) is 18.2 Å². The third-order valence-electron chi connectivity index (χ3n) is 3.16. The fourth-order valence-corrected chi connectivity index (χ4v) is 3.48. The number of methoxy groups -OCH3 is 1. The Bertz CT molecular complexity index is 412. The van der Waals surface area contributed by atoms with Gasteiger partial charge in [-0.2, -0.15) is 11.8 Å². The average molecular weight is 330 g/mol. The number of ether oxygens (including phenoxy) is 1. The molecule has 1 N–H and O–H groups in total. The molecule has 0 aliphatic carbocycles. The van der Waals surface area contributed by atoms with Gasteiger partial charge in [-0.25, -0.2) is 0 Å². The molecule has 1 aromatic rings. The minimum atomic E-state index is 0.459. The van der Waals surface area contributed by atoms with Gasteiger partial charge in [0.1, 0.15) is 5.75 Å². The van der Waals surface area contributed by atoms with E-state index in [9.17, 15) is 0 Å². The molecule has 0 heterocycles. The zero-order valence-corrected chi connectivity index (χ0v) is 15.2. The monoisotopic (exact) mass is 329 g/mol. The highest BCUT2D eigenvalue weighted by Crippen LogP contribution is 2.24. The van der Waals surface area contributed by atoms with Crippen molar-refractivity contribution in [3.05, 3.63) is 28.8 Å². The topological polar surface area (TPSA) is 21.3 Å². The van der Waals surface area contributed by atoms with Gasteiger partial charge in [-0.05, 0) is 54.8 Å². The first-order valence-electron chi connectivity index (χ1n) is 7.70. The largest absolute Gasteiger partial charge is 0.496 e. The number of hydrogen-bond donors (Lipinski definition) is 1. The number of nitrogens with one attached hydrogen (secondary N) is 1. The molecule has 0 spiro atoms. The van der Waals surface area contributed by atoms with Crippen molar-refractivity contribution in [2.75, 3.05) is 25.2 Å². The second-order valence-electron chi connectivity index (χ2n) is 5.74. The summed E-state index contributed by atoms with van der Waals surface area (Å²) in [7, 11) is 1.72. The second kappa shape index (κ2) is 10.4. The van der Waals surface area contributed by atoms with E-state index in [0.29, 0.717) is 6.04 Å². The summed E-state index contributed by atoms with van der Waals surface area (Å²) < 4.78 is 5.46. The number of benzene rings is 1. The van der Waals surface area contributed by atoms with Gasteiger partial charge in [0.25, 0.3) is 0 Å². The summed E-state index contributed by atoms with van der Waals surface area (Å²) in [6.45, 7) is 7.78. The standard InChI is InChI=1S/C17H28ClNOS/c1-5-8-19-16(12-21-11-13(2)3)10-14-9-15(18)6-7-17(14)20-4/h6-7,9,13,16,19H,5,8,10-12H2,1-4H3. The Hall–Kier alpha value is -0.380. The summed E-state index contributed by atoms with van der Waals surface area (Å²) in [5.41, 5.74) is 1.18. The first kappa shape index (κ1) is 18.7. The highest BCUT2D eigenvalue weighted by atomic mass is 35.5. The number of rotatable bonds is 10. The lowest BCUT2D eigenvalue weighted by Gasteiger charge is -2.20. The van der Waals surface area contributed by atoms with Gasteiger partial charge in [-0.1, -0.05) is 32.4 Å². The maximum atomic E-state index is 6.13. The molecule has 2 nitrogen and oxygen atoms in total. The average Bonchev–Trinajstić information content (AvgIpc) is 2.44. The van der Waals surface area contributed by atoms with Crippen LogP contribution in [0.4, 0.5) is 0 Å². The van der Waals surface area contributed by atoms with Gasteiger partial charge < -0.3 is 10.1 Å². The molecule has 1 unspecified atom stereocenters. The molecule has 21 heavy (non-hydrogen) atoms. The van der Waals surface area contributed by atoms with Crippen LogP contribution in [0, 0.1) is 5.92 Å². The summed E-state index contributed by atoms with van der Waals surface area (Å²) in [6, 6.07) is 6.32. The van der Waals surface area contributed by atoms with E-state index in [0.717, 1.165) is 41.8 Å². The van der Waals surface area contributed by atoms with Crippen molar-refractivity contribution >= 4 is 23.4 Å². The van der Waals surface area contributed by atoms with Crippen molar-refractivity contribution in [2.24, 2.45) is 5.92 Å². The van der Waals surface area contributed by atoms with Crippen LogP contribution in [0.1, 0.15) is 32.8 Å². The van der Waals surface area contributed by atoms with Gasteiger partial charge in [0.2, 0.25) is 0 Å². The van der Waals surface area contributed by atoms with Gasteiger partial charge in [0, 0.05) is 16.8 Å². The third kappa shape index (κ3) is 7.44. The molecular weight excluding hydrogens is 302 g/mol. The fraction of sp³-hybridized carbons (Fsp3) is 0.647. The van der Waals surface area contributed by atoms with Gasteiger partial charge in [-0.15, -0.1) is 0 Å². The Morgan fingerprint density at radius 2 is 2.05 bits per heavy atom. The first-order valence-corrected chi connectivity index (χ1v) is 9.23. The van der Waals surface area contributed by atoms with E-state index < -0.39 is 0 Å². The van der Waals surface area contributed by atoms with Gasteiger partial charge in [0.15, 0.2) is 0 Å². The molecule has 0 radical (unpaired) electrons. The molecule has 0 aromatic heterocycles. The molecule has 0 bridgehead atoms. The van der Waals surface area contributed by atoms with Crippen molar-refractivity contribution in [3.63, 3.8) is 0 Å². The SMILES string of the molecule is CCCNC(CSCC(C)C)Cc1cc(Cl)ccc1OC. The smallest absolute Gasteiger partial charge is 0.122 e. The second-order valence-corrected chi connectivity index (χ2v) is 7.25. The molecule has 1 atom stereocenters. The van der Waals surface area contributed by atoms with Crippen molar-refractivity contribution in [3.8, 4) is 5.75 Å². The maximum Gasteiger partial charge on any atom is 0.122 e. The molecule has 0 saturated heterocycles. The highest BCUT2D eigenvalue weighted by Gasteiger charge is 2.13.